The SMILES string of the molecule is C=CCCC[C@@H]1C[C@@H](OC(=O)C=C(C)C)C[C@@](CCSC(=O)N(C=N)Cc2ccc(OC)cc2)(OC)O1. The molecule has 204 valence electrons. The van der Waals surface area contributed by atoms with E-state index < -0.39 is 5.79 Å². The van der Waals surface area contributed by atoms with Crippen molar-refractivity contribution in [2.24, 2.45) is 0 Å². The Hall–Kier alpha value is -2.62. The maximum Gasteiger partial charge on any atom is 0.330 e. The Labute approximate surface area is 224 Å². The molecular formula is C28H40N2O6S. The second-order valence-electron chi connectivity index (χ2n) is 9.26. The molecule has 8 nitrogen and oxygen atoms in total. The van der Waals surface area contributed by atoms with Crippen LogP contribution in [0.2, 0.25) is 0 Å². The minimum Gasteiger partial charge on any atom is -0.497 e. The maximum atomic E-state index is 12.8. The molecule has 0 saturated carbocycles. The van der Waals surface area contributed by atoms with E-state index >= 15 is 0 Å². The highest BCUT2D eigenvalue weighted by Gasteiger charge is 2.43. The fraction of sp³-hybridized carbons (Fsp3) is 0.536. The van der Waals surface area contributed by atoms with E-state index in [-0.39, 0.29) is 23.4 Å². The molecule has 0 spiro atoms. The fourth-order valence-corrected chi connectivity index (χ4v) is 5.05. The summed E-state index contributed by atoms with van der Waals surface area (Å²) in [6, 6.07) is 7.38. The van der Waals surface area contributed by atoms with Crippen LogP contribution in [0.4, 0.5) is 4.79 Å². The number of hydrogen-bond donors (Lipinski definition) is 1. The van der Waals surface area contributed by atoms with Crippen LogP contribution in [0.25, 0.3) is 0 Å². The zero-order valence-corrected chi connectivity index (χ0v) is 23.2. The predicted molar refractivity (Wildman–Crippen MR) is 147 cm³/mol. The van der Waals surface area contributed by atoms with Gasteiger partial charge in [-0.3, -0.25) is 15.1 Å². The number of thioether (sulfide) groups is 1. The van der Waals surface area contributed by atoms with Crippen LogP contribution in [0.5, 0.6) is 5.75 Å². The first-order valence-electron chi connectivity index (χ1n) is 12.5. The summed E-state index contributed by atoms with van der Waals surface area (Å²) in [5.74, 6) is -0.179. The number of nitrogens with one attached hydrogen (secondary N) is 1. The lowest BCUT2D eigenvalue weighted by Crippen LogP contribution is -2.49. The number of ether oxygens (including phenoxy) is 4. The summed E-state index contributed by atoms with van der Waals surface area (Å²) in [6.07, 6.45) is 7.92. The van der Waals surface area contributed by atoms with E-state index in [9.17, 15) is 9.59 Å². The highest BCUT2D eigenvalue weighted by Crippen LogP contribution is 2.37. The lowest BCUT2D eigenvalue weighted by atomic mass is 9.93. The van der Waals surface area contributed by atoms with Crippen molar-refractivity contribution in [3.05, 3.63) is 54.1 Å². The molecule has 1 heterocycles. The lowest BCUT2D eigenvalue weighted by Gasteiger charge is -2.43. The number of nitrogens with zero attached hydrogens (tertiary/aromatic N) is 1. The first-order valence-corrected chi connectivity index (χ1v) is 13.5. The van der Waals surface area contributed by atoms with Crippen LogP contribution in [0.15, 0.2) is 48.6 Å². The predicted octanol–water partition coefficient (Wildman–Crippen LogP) is 6.10. The first-order chi connectivity index (χ1) is 17.7. The van der Waals surface area contributed by atoms with Crippen molar-refractivity contribution in [1.29, 1.82) is 5.41 Å². The molecule has 37 heavy (non-hydrogen) atoms. The second kappa shape index (κ2) is 15.6. The lowest BCUT2D eigenvalue weighted by molar-refractivity contribution is -0.287. The molecule has 1 aliphatic rings. The Morgan fingerprint density at radius 1 is 1.27 bits per heavy atom. The van der Waals surface area contributed by atoms with Crippen molar-refractivity contribution in [1.82, 2.24) is 4.90 Å². The van der Waals surface area contributed by atoms with E-state index in [2.05, 4.69) is 6.58 Å². The van der Waals surface area contributed by atoms with Crippen molar-refractivity contribution in [2.75, 3.05) is 20.0 Å². The van der Waals surface area contributed by atoms with Gasteiger partial charge in [-0.25, -0.2) is 4.79 Å². The number of hydrogen-bond acceptors (Lipinski definition) is 8. The third-order valence-corrected chi connectivity index (χ3v) is 6.94. The Kier molecular flexibility index (Phi) is 12.9. The number of rotatable bonds is 14. The first kappa shape index (κ1) is 30.6. The number of allylic oxidation sites excluding steroid dienone is 2. The van der Waals surface area contributed by atoms with Gasteiger partial charge in [0.15, 0.2) is 5.79 Å². The van der Waals surface area contributed by atoms with Crippen molar-refractivity contribution < 1.29 is 28.5 Å². The van der Waals surface area contributed by atoms with E-state index in [0.29, 0.717) is 31.6 Å². The Bertz CT molecular complexity index is 931. The van der Waals surface area contributed by atoms with Gasteiger partial charge in [0.1, 0.15) is 11.9 Å². The smallest absolute Gasteiger partial charge is 0.330 e. The number of unbranched alkanes of at least 4 members (excludes halogenated alkanes) is 1. The summed E-state index contributed by atoms with van der Waals surface area (Å²) in [5, 5.41) is 7.47. The van der Waals surface area contributed by atoms with Gasteiger partial charge in [0.05, 0.1) is 26.1 Å². The average Bonchev–Trinajstić information content (AvgIpc) is 2.87. The number of carbonyl (C=O) groups excluding carboxylic acids is 2. The Balaban J connectivity index is 2.01. The molecule has 0 aliphatic carbocycles. The van der Waals surface area contributed by atoms with Gasteiger partial charge in [0.2, 0.25) is 0 Å². The minimum atomic E-state index is -0.966. The minimum absolute atomic E-state index is 0.132. The Morgan fingerprint density at radius 3 is 2.59 bits per heavy atom. The van der Waals surface area contributed by atoms with Gasteiger partial charge in [-0.2, -0.15) is 0 Å². The van der Waals surface area contributed by atoms with Gasteiger partial charge in [0, 0.05) is 38.2 Å². The van der Waals surface area contributed by atoms with E-state index in [4.69, 9.17) is 24.4 Å². The molecule has 0 bridgehead atoms. The van der Waals surface area contributed by atoms with E-state index in [1.165, 1.54) is 11.0 Å². The van der Waals surface area contributed by atoms with Crippen LogP contribution in [0.1, 0.15) is 57.9 Å². The molecule has 1 fully saturated rings. The summed E-state index contributed by atoms with van der Waals surface area (Å²) in [5.41, 5.74) is 1.77. The summed E-state index contributed by atoms with van der Waals surface area (Å²) in [4.78, 5) is 26.5. The van der Waals surface area contributed by atoms with E-state index in [1.807, 2.05) is 44.2 Å². The Morgan fingerprint density at radius 2 is 2.00 bits per heavy atom. The third kappa shape index (κ3) is 10.3. The molecule has 1 N–H and O–H groups in total. The largest absolute Gasteiger partial charge is 0.497 e. The van der Waals surface area contributed by atoms with Crippen LogP contribution in [-0.4, -0.2) is 60.4 Å². The normalized spacial score (nSPS) is 21.0. The van der Waals surface area contributed by atoms with Crippen LogP contribution in [0.3, 0.4) is 0 Å². The number of carbonyl (C=O) groups is 2. The number of amides is 1. The van der Waals surface area contributed by atoms with Crippen LogP contribution in [0, 0.1) is 5.41 Å². The molecule has 0 radical (unpaired) electrons. The number of esters is 1. The summed E-state index contributed by atoms with van der Waals surface area (Å²) >= 11 is 1.11. The van der Waals surface area contributed by atoms with Crippen molar-refractivity contribution >= 4 is 29.3 Å². The maximum absolute atomic E-state index is 12.8. The molecular weight excluding hydrogens is 492 g/mol. The summed E-state index contributed by atoms with van der Waals surface area (Å²) < 4.78 is 23.2. The van der Waals surface area contributed by atoms with Gasteiger partial charge in [-0.05, 0) is 50.8 Å². The highest BCUT2D eigenvalue weighted by molar-refractivity contribution is 8.13. The van der Waals surface area contributed by atoms with Crippen LogP contribution < -0.4 is 4.74 Å². The number of methoxy groups -OCH3 is 2. The summed E-state index contributed by atoms with van der Waals surface area (Å²) in [7, 11) is 3.18. The second-order valence-corrected chi connectivity index (χ2v) is 10.3. The fourth-order valence-electron chi connectivity index (χ4n) is 4.18. The van der Waals surface area contributed by atoms with E-state index in [1.54, 1.807) is 14.2 Å². The van der Waals surface area contributed by atoms with Crippen molar-refractivity contribution in [3.8, 4) is 5.75 Å². The number of benzene rings is 1. The molecule has 3 atom stereocenters. The van der Waals surface area contributed by atoms with Crippen molar-refractivity contribution in [2.45, 2.75) is 76.9 Å². The monoisotopic (exact) mass is 532 g/mol. The molecule has 9 heteroatoms. The topological polar surface area (TPSA) is 98.2 Å². The zero-order chi connectivity index (χ0) is 27.3. The molecule has 0 unspecified atom stereocenters. The van der Waals surface area contributed by atoms with Crippen molar-refractivity contribution in [3.63, 3.8) is 0 Å². The van der Waals surface area contributed by atoms with Gasteiger partial charge < -0.3 is 18.9 Å². The molecule has 1 aromatic carbocycles. The molecule has 1 saturated heterocycles. The molecule has 0 aromatic heterocycles. The van der Waals surface area contributed by atoms with Gasteiger partial charge in [-0.1, -0.05) is 35.5 Å². The van der Waals surface area contributed by atoms with Crippen LogP contribution >= 0.6 is 11.8 Å². The molecule has 1 aromatic rings. The average molecular weight is 533 g/mol. The van der Waals surface area contributed by atoms with Gasteiger partial charge in [0.25, 0.3) is 5.24 Å². The summed E-state index contributed by atoms with van der Waals surface area (Å²) in [6.45, 7) is 7.77. The highest BCUT2D eigenvalue weighted by atomic mass is 32.2. The molecule has 1 amide bonds. The van der Waals surface area contributed by atoms with Gasteiger partial charge in [-0.15, -0.1) is 6.58 Å². The van der Waals surface area contributed by atoms with Gasteiger partial charge >= 0.3 is 5.97 Å². The molecule has 2 rings (SSSR count). The molecule has 1 aliphatic heterocycles. The van der Waals surface area contributed by atoms with Crippen LogP contribution in [-0.2, 0) is 25.5 Å². The van der Waals surface area contributed by atoms with E-state index in [0.717, 1.165) is 54.2 Å². The third-order valence-electron chi connectivity index (χ3n) is 6.05. The standard InChI is InChI=1S/C28H40N2O6S/c1-6-7-8-9-24-17-25(35-26(31)16-21(2)3)18-28(34-5,36-24)14-15-37-27(32)30(20-29)19-22-10-12-23(33-4)13-11-22/h6,10-13,16,20,24-25,29H,1,7-9,14-15,17-19H2,2-5H3/t24-,25-,28+/m1/s1. The zero-order valence-electron chi connectivity index (χ0n) is 22.4. The quantitative estimate of drug-likeness (QED) is 0.0771.